The van der Waals surface area contributed by atoms with Crippen molar-refractivity contribution in [2.24, 2.45) is 0 Å². The molecule has 2 aromatic carbocycles. The average Bonchev–Trinajstić information content (AvgIpc) is 2.73. The molecule has 2 N–H and O–H groups in total. The molecule has 0 spiro atoms. The number of carbonyl (C=O) groups is 1. The lowest BCUT2D eigenvalue weighted by Crippen LogP contribution is -2.33. The van der Waals surface area contributed by atoms with Gasteiger partial charge in [0.15, 0.2) is 5.82 Å². The lowest BCUT2D eigenvalue weighted by molar-refractivity contribution is 0.0706. The average molecular weight is 366 g/mol. The summed E-state index contributed by atoms with van der Waals surface area (Å²) in [4.78, 5) is 23.4. The van der Waals surface area contributed by atoms with Crippen molar-refractivity contribution in [3.8, 4) is 11.4 Å². The van der Waals surface area contributed by atoms with Crippen molar-refractivity contribution >= 4 is 34.4 Å². The number of carbonyl (C=O) groups excluding carboxylic acids is 1. The molecule has 1 aromatic heterocycles. The molecular formula is C19H18N4O2S. The Morgan fingerprint density at radius 3 is 2.50 bits per heavy atom. The first kappa shape index (κ1) is 16.8. The number of hydrogen-bond donors (Lipinski definition) is 2. The minimum atomic E-state index is -0.539. The van der Waals surface area contributed by atoms with E-state index >= 15 is 0 Å². The Balaban J connectivity index is 1.79. The molecule has 0 aliphatic carbocycles. The van der Waals surface area contributed by atoms with Crippen molar-refractivity contribution in [2.75, 3.05) is 29.5 Å². The maximum Gasteiger partial charge on any atom is 0.274 e. The van der Waals surface area contributed by atoms with Crippen LogP contribution in [0.3, 0.4) is 0 Å². The lowest BCUT2D eigenvalue weighted by atomic mass is 10.1. The van der Waals surface area contributed by atoms with Gasteiger partial charge < -0.3 is 4.90 Å². The predicted molar refractivity (Wildman–Crippen MR) is 104 cm³/mol. The fraction of sp³-hybridized carbons (Fsp3) is 0.211. The maximum absolute atomic E-state index is 11.5. The molecule has 1 fully saturated rings. The van der Waals surface area contributed by atoms with E-state index in [9.17, 15) is 4.79 Å². The van der Waals surface area contributed by atoms with Gasteiger partial charge in [-0.3, -0.25) is 10.0 Å². The summed E-state index contributed by atoms with van der Waals surface area (Å²) in [7, 11) is 0. The molecule has 0 unspecified atom stereocenters. The summed E-state index contributed by atoms with van der Waals surface area (Å²) in [6.45, 7) is 1.95. The standard InChI is InChI=1S/C19H18N4O2S/c24-19(22-25)14-7-5-13(6-8-14)17-20-16-4-2-1-3-15(16)18(21-17)23-9-11-26-12-10-23/h1-8,25H,9-12H2,(H,22,24). The maximum atomic E-state index is 11.5. The van der Waals surface area contributed by atoms with Gasteiger partial charge >= 0.3 is 0 Å². The zero-order valence-corrected chi connectivity index (χ0v) is 14.9. The minimum absolute atomic E-state index is 0.380. The fourth-order valence-electron chi connectivity index (χ4n) is 3.04. The summed E-state index contributed by atoms with van der Waals surface area (Å²) < 4.78 is 0. The molecule has 7 heteroatoms. The number of anilines is 1. The largest absolute Gasteiger partial charge is 0.354 e. The summed E-state index contributed by atoms with van der Waals surface area (Å²) in [6, 6.07) is 14.9. The van der Waals surface area contributed by atoms with Crippen molar-refractivity contribution in [3.05, 3.63) is 54.1 Å². The van der Waals surface area contributed by atoms with Gasteiger partial charge in [-0.15, -0.1) is 0 Å². The van der Waals surface area contributed by atoms with Crippen LogP contribution in [0.2, 0.25) is 0 Å². The van der Waals surface area contributed by atoms with Gasteiger partial charge in [0.05, 0.1) is 5.52 Å². The SMILES string of the molecule is O=C(NO)c1ccc(-c2nc(N3CCSCC3)c3ccccc3n2)cc1. The molecule has 0 radical (unpaired) electrons. The van der Waals surface area contributed by atoms with E-state index < -0.39 is 5.91 Å². The van der Waals surface area contributed by atoms with E-state index in [2.05, 4.69) is 11.0 Å². The summed E-state index contributed by atoms with van der Waals surface area (Å²) in [6.07, 6.45) is 0. The van der Waals surface area contributed by atoms with Crippen LogP contribution in [0.4, 0.5) is 5.82 Å². The van der Waals surface area contributed by atoms with Gasteiger partial charge in [-0.25, -0.2) is 15.4 Å². The number of hydrogen-bond acceptors (Lipinski definition) is 6. The number of nitrogens with one attached hydrogen (secondary N) is 1. The zero-order chi connectivity index (χ0) is 17.9. The molecule has 2 heterocycles. The summed E-state index contributed by atoms with van der Waals surface area (Å²) in [5.41, 5.74) is 3.75. The summed E-state index contributed by atoms with van der Waals surface area (Å²) in [5, 5.41) is 9.80. The van der Waals surface area contributed by atoms with Gasteiger partial charge in [-0.1, -0.05) is 24.3 Å². The molecule has 1 amide bonds. The van der Waals surface area contributed by atoms with E-state index in [1.54, 1.807) is 29.7 Å². The van der Waals surface area contributed by atoms with Crippen molar-refractivity contribution in [2.45, 2.75) is 0 Å². The summed E-state index contributed by atoms with van der Waals surface area (Å²) >= 11 is 1.96. The number of benzene rings is 2. The predicted octanol–water partition coefficient (Wildman–Crippen LogP) is 2.97. The van der Waals surface area contributed by atoms with Crippen LogP contribution in [0.15, 0.2) is 48.5 Å². The second-order valence-corrected chi connectivity index (χ2v) is 7.23. The highest BCUT2D eigenvalue weighted by atomic mass is 32.2. The molecule has 0 atom stereocenters. The molecule has 3 aromatic rings. The molecule has 0 bridgehead atoms. The van der Waals surface area contributed by atoms with Crippen molar-refractivity contribution < 1.29 is 10.0 Å². The zero-order valence-electron chi connectivity index (χ0n) is 14.1. The molecule has 0 saturated carbocycles. The molecule has 132 valence electrons. The van der Waals surface area contributed by atoms with E-state index in [0.29, 0.717) is 11.4 Å². The number of amides is 1. The van der Waals surface area contributed by atoms with Gasteiger partial charge in [-0.05, 0) is 24.3 Å². The number of nitrogens with zero attached hydrogens (tertiary/aromatic N) is 3. The van der Waals surface area contributed by atoms with Crippen molar-refractivity contribution in [3.63, 3.8) is 0 Å². The van der Waals surface area contributed by atoms with Crippen LogP contribution in [0.5, 0.6) is 0 Å². The van der Waals surface area contributed by atoms with Crippen molar-refractivity contribution in [1.82, 2.24) is 15.4 Å². The normalized spacial score (nSPS) is 14.4. The number of rotatable bonds is 3. The molecule has 1 aliphatic rings. The van der Waals surface area contributed by atoms with Crippen LogP contribution < -0.4 is 10.4 Å². The smallest absolute Gasteiger partial charge is 0.274 e. The van der Waals surface area contributed by atoms with E-state index in [-0.39, 0.29) is 0 Å². The fourth-order valence-corrected chi connectivity index (χ4v) is 3.94. The molecule has 26 heavy (non-hydrogen) atoms. The monoisotopic (exact) mass is 366 g/mol. The topological polar surface area (TPSA) is 78.3 Å². The highest BCUT2D eigenvalue weighted by Gasteiger charge is 2.17. The van der Waals surface area contributed by atoms with Gasteiger partial charge in [0.2, 0.25) is 0 Å². The minimum Gasteiger partial charge on any atom is -0.354 e. The second kappa shape index (κ2) is 7.31. The van der Waals surface area contributed by atoms with Crippen LogP contribution >= 0.6 is 11.8 Å². The van der Waals surface area contributed by atoms with E-state index in [0.717, 1.165) is 46.9 Å². The van der Waals surface area contributed by atoms with Gasteiger partial charge in [-0.2, -0.15) is 11.8 Å². The Hall–Kier alpha value is -2.64. The number of thioether (sulfide) groups is 1. The summed E-state index contributed by atoms with van der Waals surface area (Å²) in [5.74, 6) is 3.25. The number of para-hydroxylation sites is 1. The van der Waals surface area contributed by atoms with E-state index in [4.69, 9.17) is 15.2 Å². The van der Waals surface area contributed by atoms with E-state index in [1.807, 2.05) is 30.0 Å². The van der Waals surface area contributed by atoms with E-state index in [1.165, 1.54) is 0 Å². The first-order valence-corrected chi connectivity index (χ1v) is 9.56. The first-order chi connectivity index (χ1) is 12.8. The van der Waals surface area contributed by atoms with Crippen LogP contribution in [-0.4, -0.2) is 45.7 Å². The third-order valence-electron chi connectivity index (χ3n) is 4.40. The number of fused-ring (bicyclic) bond motifs is 1. The first-order valence-electron chi connectivity index (χ1n) is 8.40. The molecule has 1 saturated heterocycles. The molecular weight excluding hydrogens is 348 g/mol. The Morgan fingerprint density at radius 1 is 1.04 bits per heavy atom. The number of aromatic nitrogens is 2. The molecule has 1 aliphatic heterocycles. The van der Waals surface area contributed by atoms with Crippen LogP contribution in [0, 0.1) is 0 Å². The van der Waals surface area contributed by atoms with Crippen LogP contribution in [0.25, 0.3) is 22.3 Å². The Morgan fingerprint density at radius 2 is 1.77 bits per heavy atom. The second-order valence-electron chi connectivity index (χ2n) is 6.01. The quantitative estimate of drug-likeness (QED) is 0.548. The highest BCUT2D eigenvalue weighted by Crippen LogP contribution is 2.29. The molecule has 4 rings (SSSR count). The lowest BCUT2D eigenvalue weighted by Gasteiger charge is -2.28. The Labute approximate surface area is 155 Å². The van der Waals surface area contributed by atoms with Crippen molar-refractivity contribution in [1.29, 1.82) is 0 Å². The third-order valence-corrected chi connectivity index (χ3v) is 5.34. The van der Waals surface area contributed by atoms with Gasteiger partial charge in [0.25, 0.3) is 5.91 Å². The highest BCUT2D eigenvalue weighted by molar-refractivity contribution is 7.99. The van der Waals surface area contributed by atoms with Crippen LogP contribution in [-0.2, 0) is 0 Å². The Kier molecular flexibility index (Phi) is 4.73. The van der Waals surface area contributed by atoms with Crippen LogP contribution in [0.1, 0.15) is 10.4 Å². The third kappa shape index (κ3) is 3.23. The molecule has 6 nitrogen and oxygen atoms in total. The van der Waals surface area contributed by atoms with Gasteiger partial charge in [0, 0.05) is 41.1 Å². The Bertz CT molecular complexity index is 940. The van der Waals surface area contributed by atoms with Gasteiger partial charge in [0.1, 0.15) is 5.82 Å². The number of hydroxylamine groups is 1.